The van der Waals surface area contributed by atoms with Crippen molar-refractivity contribution in [1.82, 2.24) is 19.3 Å². The van der Waals surface area contributed by atoms with Crippen molar-refractivity contribution in [2.24, 2.45) is 0 Å². The quantitative estimate of drug-likeness (QED) is 0.771. The number of fused-ring (bicyclic) bond motifs is 1. The molecule has 0 radical (unpaired) electrons. The van der Waals surface area contributed by atoms with Gasteiger partial charge >= 0.3 is 6.03 Å². The summed E-state index contributed by atoms with van der Waals surface area (Å²) in [5.41, 5.74) is 1.57. The molecule has 3 rings (SSSR count). The normalized spacial score (nSPS) is 10.4. The molecule has 0 aliphatic heterocycles. The van der Waals surface area contributed by atoms with E-state index in [1.807, 2.05) is 0 Å². The monoisotopic (exact) mass is 324 g/mol. The zero-order chi connectivity index (χ0) is 17.1. The lowest BCUT2D eigenvalue weighted by Gasteiger charge is -2.13. The maximum absolute atomic E-state index is 12.3. The van der Waals surface area contributed by atoms with Gasteiger partial charge in [0.15, 0.2) is 0 Å². The zero-order valence-corrected chi connectivity index (χ0v) is 13.2. The highest BCUT2D eigenvalue weighted by atomic mass is 16.2. The standard InChI is InChI=1S/C16H16N6O2/c1-21(2)16(24)20-13-5-3-4-12(8-13)19-14(23)11-9-18-15-17-6-7-22(15)10-11/h3-10H,1-2H3,(H,19,23)(H,20,24). The number of hydrogen-bond donors (Lipinski definition) is 2. The van der Waals surface area contributed by atoms with Crippen molar-refractivity contribution in [1.29, 1.82) is 0 Å². The lowest BCUT2D eigenvalue weighted by atomic mass is 10.2. The first kappa shape index (κ1) is 15.5. The molecule has 0 saturated carbocycles. The van der Waals surface area contributed by atoms with Crippen molar-refractivity contribution < 1.29 is 9.59 Å². The van der Waals surface area contributed by atoms with E-state index in [2.05, 4.69) is 20.6 Å². The molecule has 0 spiro atoms. The molecule has 0 bridgehead atoms. The molecule has 2 N–H and O–H groups in total. The van der Waals surface area contributed by atoms with E-state index in [1.165, 1.54) is 11.1 Å². The van der Waals surface area contributed by atoms with E-state index in [0.717, 1.165) is 0 Å². The fraction of sp³-hybridized carbons (Fsp3) is 0.125. The van der Waals surface area contributed by atoms with Gasteiger partial charge in [0.25, 0.3) is 5.91 Å². The Hall–Kier alpha value is -3.42. The highest BCUT2D eigenvalue weighted by Crippen LogP contribution is 2.16. The summed E-state index contributed by atoms with van der Waals surface area (Å²) in [6.07, 6.45) is 6.45. The van der Waals surface area contributed by atoms with Crippen molar-refractivity contribution in [2.75, 3.05) is 24.7 Å². The van der Waals surface area contributed by atoms with E-state index in [0.29, 0.717) is 22.7 Å². The van der Waals surface area contributed by atoms with Crippen LogP contribution in [0, 0.1) is 0 Å². The number of carbonyl (C=O) groups is 2. The molecule has 0 unspecified atom stereocenters. The Morgan fingerprint density at radius 1 is 1.12 bits per heavy atom. The second kappa shape index (κ2) is 6.37. The van der Waals surface area contributed by atoms with Gasteiger partial charge in [0.2, 0.25) is 5.78 Å². The second-order valence-electron chi connectivity index (χ2n) is 5.34. The van der Waals surface area contributed by atoms with Gasteiger partial charge in [-0.3, -0.25) is 9.20 Å². The summed E-state index contributed by atoms with van der Waals surface area (Å²) < 4.78 is 1.67. The van der Waals surface area contributed by atoms with Crippen LogP contribution in [-0.2, 0) is 0 Å². The maximum atomic E-state index is 12.3. The van der Waals surface area contributed by atoms with Gasteiger partial charge in [0.05, 0.1) is 5.56 Å². The minimum Gasteiger partial charge on any atom is -0.331 e. The molecule has 0 saturated heterocycles. The molecule has 0 aliphatic rings. The number of rotatable bonds is 3. The van der Waals surface area contributed by atoms with Gasteiger partial charge in [-0.25, -0.2) is 14.8 Å². The van der Waals surface area contributed by atoms with Gasteiger partial charge in [0.1, 0.15) is 0 Å². The summed E-state index contributed by atoms with van der Waals surface area (Å²) in [5, 5.41) is 5.51. The minimum absolute atomic E-state index is 0.242. The molecule has 0 fully saturated rings. The number of carbonyl (C=O) groups excluding carboxylic acids is 2. The Kier molecular flexibility index (Phi) is 4.11. The largest absolute Gasteiger partial charge is 0.331 e. The molecule has 8 heteroatoms. The van der Waals surface area contributed by atoms with Gasteiger partial charge in [-0.05, 0) is 18.2 Å². The van der Waals surface area contributed by atoms with Crippen LogP contribution in [0.2, 0.25) is 0 Å². The molecule has 0 atom stereocenters. The topological polar surface area (TPSA) is 91.6 Å². The summed E-state index contributed by atoms with van der Waals surface area (Å²) >= 11 is 0. The third-order valence-corrected chi connectivity index (χ3v) is 3.29. The van der Waals surface area contributed by atoms with Gasteiger partial charge in [-0.2, -0.15) is 0 Å². The lowest BCUT2D eigenvalue weighted by Crippen LogP contribution is -2.27. The summed E-state index contributed by atoms with van der Waals surface area (Å²) in [5.74, 6) is 0.231. The molecule has 0 aliphatic carbocycles. The Bertz CT molecular complexity index is 902. The summed E-state index contributed by atoms with van der Waals surface area (Å²) in [4.78, 5) is 33.6. The average Bonchev–Trinajstić information content (AvgIpc) is 3.02. The minimum atomic E-state index is -0.297. The van der Waals surface area contributed by atoms with Crippen LogP contribution in [0.25, 0.3) is 5.78 Å². The molecular formula is C16H16N6O2. The molecule has 2 heterocycles. The third-order valence-electron chi connectivity index (χ3n) is 3.29. The number of amides is 3. The number of imidazole rings is 1. The number of anilines is 2. The lowest BCUT2D eigenvalue weighted by molar-refractivity contribution is 0.102. The molecule has 8 nitrogen and oxygen atoms in total. The Balaban J connectivity index is 1.75. The van der Waals surface area contributed by atoms with Gasteiger partial charge in [0, 0.05) is 50.3 Å². The van der Waals surface area contributed by atoms with E-state index >= 15 is 0 Å². The highest BCUT2D eigenvalue weighted by molar-refractivity contribution is 6.04. The first-order valence-corrected chi connectivity index (χ1v) is 7.21. The summed E-state index contributed by atoms with van der Waals surface area (Å²) in [6, 6.07) is 6.68. The third kappa shape index (κ3) is 3.32. The Labute approximate surface area is 138 Å². The summed E-state index contributed by atoms with van der Waals surface area (Å²) in [7, 11) is 3.31. The SMILES string of the molecule is CN(C)C(=O)Nc1cccc(NC(=O)c2cnc3nccn3c2)c1. The van der Waals surface area contributed by atoms with E-state index in [1.54, 1.807) is 61.4 Å². The molecule has 24 heavy (non-hydrogen) atoms. The molecule has 3 aromatic rings. The van der Waals surface area contributed by atoms with Gasteiger partial charge < -0.3 is 15.5 Å². The fourth-order valence-electron chi connectivity index (χ4n) is 2.05. The smallest absolute Gasteiger partial charge is 0.321 e. The van der Waals surface area contributed by atoms with Crippen molar-refractivity contribution in [3.63, 3.8) is 0 Å². The second-order valence-corrected chi connectivity index (χ2v) is 5.34. The van der Waals surface area contributed by atoms with E-state index in [9.17, 15) is 9.59 Å². The van der Waals surface area contributed by atoms with Crippen LogP contribution in [0.15, 0.2) is 49.1 Å². The summed E-state index contributed by atoms with van der Waals surface area (Å²) in [6.45, 7) is 0. The highest BCUT2D eigenvalue weighted by Gasteiger charge is 2.09. The average molecular weight is 324 g/mol. The van der Waals surface area contributed by atoms with Crippen LogP contribution < -0.4 is 10.6 Å². The van der Waals surface area contributed by atoms with Crippen molar-refractivity contribution >= 4 is 29.1 Å². The van der Waals surface area contributed by atoms with E-state index < -0.39 is 0 Å². The molecular weight excluding hydrogens is 308 g/mol. The predicted molar refractivity (Wildman–Crippen MR) is 90.1 cm³/mol. The van der Waals surface area contributed by atoms with E-state index in [4.69, 9.17) is 0 Å². The molecule has 3 amide bonds. The van der Waals surface area contributed by atoms with Gasteiger partial charge in [-0.15, -0.1) is 0 Å². The van der Waals surface area contributed by atoms with Crippen molar-refractivity contribution in [2.45, 2.75) is 0 Å². The van der Waals surface area contributed by atoms with Crippen molar-refractivity contribution in [3.8, 4) is 0 Å². The number of nitrogens with zero attached hydrogens (tertiary/aromatic N) is 4. The Morgan fingerprint density at radius 3 is 2.62 bits per heavy atom. The number of benzene rings is 1. The predicted octanol–water partition coefficient (Wildman–Crippen LogP) is 2.08. The van der Waals surface area contributed by atoms with Crippen molar-refractivity contribution in [3.05, 3.63) is 54.6 Å². The Morgan fingerprint density at radius 2 is 1.88 bits per heavy atom. The van der Waals surface area contributed by atoms with Crippen LogP contribution in [-0.4, -0.2) is 45.3 Å². The van der Waals surface area contributed by atoms with Crippen LogP contribution >= 0.6 is 0 Å². The van der Waals surface area contributed by atoms with Crippen LogP contribution in [0.3, 0.4) is 0 Å². The number of urea groups is 1. The number of aromatic nitrogens is 3. The number of nitrogens with one attached hydrogen (secondary N) is 2. The van der Waals surface area contributed by atoms with Crippen LogP contribution in [0.4, 0.5) is 16.2 Å². The van der Waals surface area contributed by atoms with Crippen LogP contribution in [0.5, 0.6) is 0 Å². The maximum Gasteiger partial charge on any atom is 0.321 e. The first-order valence-electron chi connectivity index (χ1n) is 7.21. The van der Waals surface area contributed by atoms with E-state index in [-0.39, 0.29) is 11.9 Å². The molecule has 1 aromatic carbocycles. The van der Waals surface area contributed by atoms with Crippen LogP contribution in [0.1, 0.15) is 10.4 Å². The molecule has 122 valence electrons. The van der Waals surface area contributed by atoms with Gasteiger partial charge in [-0.1, -0.05) is 6.07 Å². The first-order chi connectivity index (χ1) is 11.5. The number of hydrogen-bond acceptors (Lipinski definition) is 4. The molecule has 2 aromatic heterocycles. The zero-order valence-electron chi connectivity index (χ0n) is 13.2. The fourth-order valence-corrected chi connectivity index (χ4v) is 2.05.